The van der Waals surface area contributed by atoms with E-state index in [-0.39, 0.29) is 34.3 Å². The second-order valence-electron chi connectivity index (χ2n) is 17.2. The van der Waals surface area contributed by atoms with E-state index >= 15 is 0 Å². The first-order valence-corrected chi connectivity index (χ1v) is 21.4. The van der Waals surface area contributed by atoms with Gasteiger partial charge in [0.25, 0.3) is 5.91 Å². The van der Waals surface area contributed by atoms with Crippen molar-refractivity contribution in [1.82, 2.24) is 31.1 Å². The van der Waals surface area contributed by atoms with Crippen molar-refractivity contribution in [2.24, 2.45) is 11.3 Å². The molecule has 0 saturated carbocycles. The summed E-state index contributed by atoms with van der Waals surface area (Å²) < 4.78 is 7.98. The maximum absolute atomic E-state index is 12.9. The molecule has 1 atom stereocenters. The summed E-state index contributed by atoms with van der Waals surface area (Å²) >= 11 is 1.70. The number of hydrogen-bond acceptors (Lipinski definition) is 9. The number of nitrogens with zero attached hydrogens (tertiary/aromatic N) is 3. The summed E-state index contributed by atoms with van der Waals surface area (Å²) in [5, 5.41) is 14.3. The van der Waals surface area contributed by atoms with Gasteiger partial charge in [-0.2, -0.15) is 0 Å². The molecule has 1 aromatic heterocycles. The highest BCUT2D eigenvalue weighted by molar-refractivity contribution is 7.99. The lowest BCUT2D eigenvalue weighted by Crippen LogP contribution is -2.42. The van der Waals surface area contributed by atoms with Crippen molar-refractivity contribution in [2.45, 2.75) is 144 Å². The fourth-order valence-electron chi connectivity index (χ4n) is 5.21. The van der Waals surface area contributed by atoms with Crippen LogP contribution in [0.5, 0.6) is 0 Å². The van der Waals surface area contributed by atoms with Crippen LogP contribution in [0.2, 0.25) is 0 Å². The highest BCUT2D eigenvalue weighted by atomic mass is 32.2. The number of Topliss-reactive ketones (excluding diaryl/α,β-unsaturated/α-hetero) is 1. The average Bonchev–Trinajstić information content (AvgIpc) is 3.63. The van der Waals surface area contributed by atoms with Crippen molar-refractivity contribution in [1.29, 1.82) is 0 Å². The second-order valence-corrected chi connectivity index (χ2v) is 18.3. The van der Waals surface area contributed by atoms with Crippen molar-refractivity contribution in [3.8, 4) is 0 Å². The van der Waals surface area contributed by atoms with Crippen molar-refractivity contribution < 1.29 is 24.0 Å². The summed E-state index contributed by atoms with van der Waals surface area (Å²) in [5.41, 5.74) is 5.00. The number of thioether (sulfide) groups is 1. The third kappa shape index (κ3) is 20.1. The van der Waals surface area contributed by atoms with E-state index in [1.54, 1.807) is 43.1 Å². The van der Waals surface area contributed by atoms with Gasteiger partial charge in [-0.1, -0.05) is 97.4 Å². The number of hydroxylamine groups is 1. The molecule has 0 fully saturated rings. The van der Waals surface area contributed by atoms with E-state index in [4.69, 9.17) is 9.57 Å². The zero-order valence-corrected chi connectivity index (χ0v) is 38.5. The highest BCUT2D eigenvalue weighted by Crippen LogP contribution is 2.26. The zero-order valence-electron chi connectivity index (χ0n) is 37.7. The van der Waals surface area contributed by atoms with Gasteiger partial charge in [0.05, 0.1) is 17.9 Å². The number of nitrogens with one attached hydrogen (secondary N) is 3. The zero-order chi connectivity index (χ0) is 43.5. The summed E-state index contributed by atoms with van der Waals surface area (Å²) in [5.74, 6) is 0.684. The maximum atomic E-state index is 12.9. The fourth-order valence-corrected chi connectivity index (χ4v) is 6.32. The summed E-state index contributed by atoms with van der Waals surface area (Å²) in [7, 11) is 1.68. The van der Waals surface area contributed by atoms with Crippen molar-refractivity contribution in [2.75, 3.05) is 32.5 Å². The molecular formula is C45H74N6O5S. The molecule has 3 aromatic rings. The van der Waals surface area contributed by atoms with Gasteiger partial charge in [-0.25, -0.2) is 5.48 Å². The SMILES string of the molecule is CC.CCC(CSc1ccc(C)cc1)C(=O)c1ccc(C(=O)NCC(C)(C)ONC)cc1.CCCC(=O)NCC(C)(C)OCC(C)(C)Cn1cc(C(C)(C)C)nn1. The first-order chi connectivity index (χ1) is 26.6. The summed E-state index contributed by atoms with van der Waals surface area (Å²) in [4.78, 5) is 43.5. The molecule has 0 aliphatic heterocycles. The molecule has 12 heteroatoms. The summed E-state index contributed by atoms with van der Waals surface area (Å²) in [6, 6.07) is 15.2. The second kappa shape index (κ2) is 24.4. The highest BCUT2D eigenvalue weighted by Gasteiger charge is 2.27. The topological polar surface area (TPSA) is 136 Å². The van der Waals surface area contributed by atoms with Crippen LogP contribution in [0.3, 0.4) is 0 Å². The maximum Gasteiger partial charge on any atom is 0.251 e. The number of benzene rings is 2. The quantitative estimate of drug-likeness (QED) is 0.0581. The smallest absolute Gasteiger partial charge is 0.251 e. The first kappa shape index (κ1) is 51.4. The molecular weight excluding hydrogens is 737 g/mol. The van der Waals surface area contributed by atoms with Crippen molar-refractivity contribution in [3.63, 3.8) is 0 Å². The lowest BCUT2D eigenvalue weighted by Gasteiger charge is -2.32. The number of carbonyl (C=O) groups excluding carboxylic acids is 3. The molecule has 0 aliphatic rings. The van der Waals surface area contributed by atoms with Crippen molar-refractivity contribution >= 4 is 29.4 Å². The van der Waals surface area contributed by atoms with Crippen LogP contribution in [0.4, 0.5) is 0 Å². The Balaban J connectivity index is 0.000000555. The number of aryl methyl sites for hydroxylation is 1. The van der Waals surface area contributed by atoms with Gasteiger partial charge in [-0.05, 0) is 71.7 Å². The number of ether oxygens (including phenoxy) is 1. The Bertz CT molecular complexity index is 1630. The van der Waals surface area contributed by atoms with Gasteiger partial charge in [-0.3, -0.25) is 23.9 Å². The monoisotopic (exact) mass is 811 g/mol. The van der Waals surface area contributed by atoms with Gasteiger partial charge in [-0.15, -0.1) is 16.9 Å². The number of rotatable bonds is 20. The minimum atomic E-state index is -0.524. The Hall–Kier alpha value is -3.58. The number of aromatic nitrogens is 3. The van der Waals surface area contributed by atoms with Crippen LogP contribution in [-0.2, 0) is 26.3 Å². The van der Waals surface area contributed by atoms with E-state index in [0.29, 0.717) is 37.2 Å². The Morgan fingerprint density at radius 3 is 1.93 bits per heavy atom. The molecule has 3 rings (SSSR count). The molecule has 3 N–H and O–H groups in total. The molecule has 0 radical (unpaired) electrons. The minimum absolute atomic E-state index is 0.00240. The Labute approximate surface area is 348 Å². The molecule has 2 aromatic carbocycles. The molecule has 1 unspecified atom stereocenters. The average molecular weight is 811 g/mol. The van der Waals surface area contributed by atoms with E-state index in [2.05, 4.69) is 92.2 Å². The van der Waals surface area contributed by atoms with E-state index in [1.807, 2.05) is 66.3 Å². The Morgan fingerprint density at radius 2 is 1.40 bits per heavy atom. The fraction of sp³-hybridized carbons (Fsp3) is 0.622. The third-order valence-corrected chi connectivity index (χ3v) is 9.93. The predicted molar refractivity (Wildman–Crippen MR) is 235 cm³/mol. The molecule has 0 aliphatic carbocycles. The molecule has 57 heavy (non-hydrogen) atoms. The molecule has 0 spiro atoms. The molecule has 2 amide bonds. The first-order valence-electron chi connectivity index (χ1n) is 20.4. The van der Waals surface area contributed by atoms with Crippen LogP contribution < -0.4 is 16.1 Å². The van der Waals surface area contributed by atoms with Crippen LogP contribution in [-0.4, -0.2) is 76.3 Å². The van der Waals surface area contributed by atoms with E-state index in [9.17, 15) is 14.4 Å². The number of ketones is 1. The van der Waals surface area contributed by atoms with Gasteiger partial charge in [0.2, 0.25) is 5.91 Å². The van der Waals surface area contributed by atoms with E-state index in [1.165, 1.54) is 10.5 Å². The standard InChI is InChI=1S/C24H32N2O3S.C19H36N4O2.C2H6/c1-6-18(15-30-21-13-7-17(2)8-14-21)22(27)19-9-11-20(12-10-19)23(28)26-16-24(3,4)29-25-5;1-9-10-16(24)20-12-19(7,8)25-14-18(5,6)13-23-11-15(21-22-23)17(2,3)4;1-2/h7-14,18,25H,6,15-16H2,1-5H3,(H,26,28);11H,9-10,12-14H2,1-8H3,(H,20,24);1-2H3. The van der Waals surface area contributed by atoms with Gasteiger partial charge in [0.15, 0.2) is 5.78 Å². The Morgan fingerprint density at radius 1 is 0.825 bits per heavy atom. The lowest BCUT2D eigenvalue weighted by molar-refractivity contribution is -0.123. The van der Waals surface area contributed by atoms with Crippen LogP contribution in [0.25, 0.3) is 0 Å². The van der Waals surface area contributed by atoms with Crippen LogP contribution in [0.1, 0.15) is 141 Å². The Kier molecular flexibility index (Phi) is 22.0. The van der Waals surface area contributed by atoms with E-state index in [0.717, 1.165) is 30.8 Å². The largest absolute Gasteiger partial charge is 0.373 e. The molecule has 0 bridgehead atoms. The van der Waals surface area contributed by atoms with Crippen molar-refractivity contribution in [3.05, 3.63) is 77.1 Å². The predicted octanol–water partition coefficient (Wildman–Crippen LogP) is 9.00. The molecule has 0 saturated heterocycles. The van der Waals surface area contributed by atoms with Gasteiger partial charge in [0.1, 0.15) is 5.60 Å². The van der Waals surface area contributed by atoms with Crippen LogP contribution >= 0.6 is 11.8 Å². The molecule has 320 valence electrons. The van der Waals surface area contributed by atoms with Gasteiger partial charge < -0.3 is 15.4 Å². The molecule has 11 nitrogen and oxygen atoms in total. The lowest BCUT2D eigenvalue weighted by atomic mass is 9.92. The molecule has 1 heterocycles. The van der Waals surface area contributed by atoms with Gasteiger partial charge in [0, 0.05) is 77.8 Å². The summed E-state index contributed by atoms with van der Waals surface area (Å²) in [6.45, 7) is 30.7. The minimum Gasteiger partial charge on any atom is -0.373 e. The number of carbonyl (C=O) groups is 3. The van der Waals surface area contributed by atoms with Crippen LogP contribution in [0, 0.1) is 18.3 Å². The summed E-state index contributed by atoms with van der Waals surface area (Å²) in [6.07, 6.45) is 4.21. The third-order valence-electron chi connectivity index (χ3n) is 8.76. The normalized spacial score (nSPS) is 12.4. The van der Waals surface area contributed by atoms with E-state index < -0.39 is 11.2 Å². The van der Waals surface area contributed by atoms with Crippen LogP contribution in [0.15, 0.2) is 59.6 Å². The van der Waals surface area contributed by atoms with Gasteiger partial charge >= 0.3 is 0 Å². The number of hydrogen-bond donors (Lipinski definition) is 3. The number of amides is 2.